The number of carbonyl (C=O) groups is 1. The minimum absolute atomic E-state index is 0.0526. The molecular formula is C18H19Cl2F2N4O2+. The Bertz CT molecular complexity index is 915. The Hall–Kier alpha value is -2.26. The molecule has 0 radical (unpaired) electrons. The lowest BCUT2D eigenvalue weighted by Crippen LogP contribution is -2.76. The molecule has 150 valence electrons. The Labute approximate surface area is 170 Å². The standard InChI is InChI=1S/C18H18Cl2F2N4O2/c1-25-16(12(19)8-24)11-6-15(28-17(11)20)18(27)26-10(7-23)4-9-2-3-13(21)14(22)5-9/h2-3,5-6,8,10,24-25H,4,7,23H2,1H3,(H,26,27)/p+1/b16-12+,24-8?/t10-/m0/s1. The maximum absolute atomic E-state index is 13.4. The molecule has 28 heavy (non-hydrogen) atoms. The van der Waals surface area contributed by atoms with Gasteiger partial charge in [-0.05, 0) is 35.7 Å². The van der Waals surface area contributed by atoms with Gasteiger partial charge in [0.2, 0.25) is 5.22 Å². The van der Waals surface area contributed by atoms with Crippen molar-refractivity contribution in [3.05, 3.63) is 63.0 Å². The zero-order chi connectivity index (χ0) is 20.8. The van der Waals surface area contributed by atoms with Crippen molar-refractivity contribution >= 4 is 41.0 Å². The number of allylic oxidation sites excluding steroid dienone is 1. The third-order valence-corrected chi connectivity index (χ3v) is 4.55. The second kappa shape index (κ2) is 9.79. The van der Waals surface area contributed by atoms with Gasteiger partial charge in [0, 0.05) is 24.9 Å². The molecule has 0 unspecified atom stereocenters. The zero-order valence-electron chi connectivity index (χ0n) is 14.9. The fraction of sp³-hybridized carbons (Fsp3) is 0.222. The van der Waals surface area contributed by atoms with Crippen LogP contribution in [-0.4, -0.2) is 31.8 Å². The van der Waals surface area contributed by atoms with Crippen molar-refractivity contribution in [2.75, 3.05) is 13.6 Å². The summed E-state index contributed by atoms with van der Waals surface area (Å²) in [7, 11) is 1.70. The summed E-state index contributed by atoms with van der Waals surface area (Å²) in [6, 6.07) is 4.36. The van der Waals surface area contributed by atoms with Gasteiger partial charge >= 0.3 is 0 Å². The van der Waals surface area contributed by atoms with E-state index < -0.39 is 23.6 Å². The Kier molecular flexibility index (Phi) is 7.70. The summed E-state index contributed by atoms with van der Waals surface area (Å²) in [5.74, 6) is -2.57. The summed E-state index contributed by atoms with van der Waals surface area (Å²) in [5.41, 5.74) is 6.98. The van der Waals surface area contributed by atoms with Crippen molar-refractivity contribution in [1.82, 2.24) is 5.32 Å². The van der Waals surface area contributed by atoms with Crippen molar-refractivity contribution in [1.29, 1.82) is 5.41 Å². The number of amides is 1. The number of nitrogens with one attached hydrogen (secondary N) is 2. The molecule has 1 aromatic heterocycles. The third kappa shape index (κ3) is 5.17. The lowest BCUT2D eigenvalue weighted by molar-refractivity contribution is -0.530. The molecule has 10 heteroatoms. The normalized spacial score (nSPS) is 13.1. The van der Waals surface area contributed by atoms with E-state index in [1.165, 1.54) is 12.1 Å². The number of quaternary nitrogens is 1. The Balaban J connectivity index is 2.18. The predicted octanol–water partition coefficient (Wildman–Crippen LogP) is 2.26. The van der Waals surface area contributed by atoms with Gasteiger partial charge < -0.3 is 26.2 Å². The van der Waals surface area contributed by atoms with Crippen LogP contribution in [0.1, 0.15) is 21.7 Å². The summed E-state index contributed by atoms with van der Waals surface area (Å²) in [6.45, 7) is 0.0690. The van der Waals surface area contributed by atoms with Crippen LogP contribution in [0.5, 0.6) is 0 Å². The minimum atomic E-state index is -0.972. The largest absolute Gasteiger partial charge is 0.439 e. The van der Waals surface area contributed by atoms with Gasteiger partial charge in [0.15, 0.2) is 23.1 Å². The minimum Gasteiger partial charge on any atom is -0.439 e. The molecule has 0 bridgehead atoms. The lowest BCUT2D eigenvalue weighted by atomic mass is 10.1. The number of benzene rings is 1. The molecule has 0 saturated carbocycles. The van der Waals surface area contributed by atoms with E-state index in [1.54, 1.807) is 12.4 Å². The molecule has 1 aromatic carbocycles. The van der Waals surface area contributed by atoms with E-state index in [0.29, 0.717) is 16.8 Å². The molecule has 0 fully saturated rings. The molecule has 2 rings (SSSR count). The maximum atomic E-state index is 13.4. The SMILES string of the molecule is C[NH2+]/C(=C(/Cl)C=N)c1cc(C(=O)N[C@H](CN)Cc2ccc(F)c(F)c2)oc1Cl. The second-order valence-corrected chi connectivity index (χ2v) is 6.60. The van der Waals surface area contributed by atoms with E-state index in [-0.39, 0.29) is 29.0 Å². The molecule has 0 saturated heterocycles. The molecule has 1 amide bonds. The molecule has 1 atom stereocenters. The van der Waals surface area contributed by atoms with Gasteiger partial charge in [0.05, 0.1) is 12.6 Å². The first-order chi connectivity index (χ1) is 13.3. The molecule has 2 aromatic rings. The monoisotopic (exact) mass is 431 g/mol. The number of hydrogen-bond acceptors (Lipinski definition) is 4. The molecule has 0 aliphatic heterocycles. The van der Waals surface area contributed by atoms with E-state index in [0.717, 1.165) is 18.3 Å². The zero-order valence-corrected chi connectivity index (χ0v) is 16.4. The van der Waals surface area contributed by atoms with Crippen LogP contribution in [0.3, 0.4) is 0 Å². The highest BCUT2D eigenvalue weighted by molar-refractivity contribution is 6.42. The average molecular weight is 432 g/mol. The number of halogens is 4. The average Bonchev–Trinajstić information content (AvgIpc) is 3.06. The summed E-state index contributed by atoms with van der Waals surface area (Å²) in [4.78, 5) is 12.5. The number of carbonyl (C=O) groups excluding carboxylic acids is 1. The molecular weight excluding hydrogens is 413 g/mol. The van der Waals surface area contributed by atoms with E-state index in [9.17, 15) is 13.6 Å². The van der Waals surface area contributed by atoms with Crippen LogP contribution in [0.2, 0.25) is 5.22 Å². The number of furan rings is 1. The van der Waals surface area contributed by atoms with Gasteiger partial charge in [-0.25, -0.2) is 8.78 Å². The maximum Gasteiger partial charge on any atom is 0.287 e. The third-order valence-electron chi connectivity index (χ3n) is 3.96. The molecule has 6 nitrogen and oxygen atoms in total. The smallest absolute Gasteiger partial charge is 0.287 e. The van der Waals surface area contributed by atoms with Crippen molar-refractivity contribution in [2.45, 2.75) is 12.5 Å². The summed E-state index contributed by atoms with van der Waals surface area (Å²) in [5, 5.41) is 11.6. The second-order valence-electron chi connectivity index (χ2n) is 5.85. The highest BCUT2D eigenvalue weighted by Crippen LogP contribution is 2.27. The summed E-state index contributed by atoms with van der Waals surface area (Å²) < 4.78 is 31.7. The van der Waals surface area contributed by atoms with Gasteiger partial charge in [0.25, 0.3) is 5.91 Å². The van der Waals surface area contributed by atoms with E-state index in [2.05, 4.69) is 5.32 Å². The van der Waals surface area contributed by atoms with Crippen LogP contribution in [0, 0.1) is 17.0 Å². The fourth-order valence-corrected chi connectivity index (χ4v) is 3.02. The van der Waals surface area contributed by atoms with Gasteiger partial charge in [0.1, 0.15) is 5.03 Å². The number of rotatable bonds is 8. The number of hydrogen-bond donors (Lipinski definition) is 4. The topological polar surface area (TPSA) is 109 Å². The first-order valence-corrected chi connectivity index (χ1v) is 9.00. The van der Waals surface area contributed by atoms with Crippen LogP contribution < -0.4 is 16.4 Å². The molecule has 0 spiro atoms. The Morgan fingerprint density at radius 1 is 1.39 bits per heavy atom. The quantitative estimate of drug-likeness (QED) is 0.481. The van der Waals surface area contributed by atoms with E-state index in [4.69, 9.17) is 38.8 Å². The Morgan fingerprint density at radius 2 is 2.11 bits per heavy atom. The lowest BCUT2D eigenvalue weighted by Gasteiger charge is -2.16. The van der Waals surface area contributed by atoms with Crippen molar-refractivity contribution < 1.29 is 23.3 Å². The van der Waals surface area contributed by atoms with Crippen molar-refractivity contribution in [3.63, 3.8) is 0 Å². The molecule has 1 heterocycles. The van der Waals surface area contributed by atoms with Crippen LogP contribution in [0.4, 0.5) is 8.78 Å². The van der Waals surface area contributed by atoms with Crippen LogP contribution in [0.15, 0.2) is 33.7 Å². The van der Waals surface area contributed by atoms with Gasteiger partial charge in [-0.3, -0.25) is 4.79 Å². The summed E-state index contributed by atoms with van der Waals surface area (Å²) >= 11 is 12.0. The van der Waals surface area contributed by atoms with Crippen molar-refractivity contribution in [3.8, 4) is 0 Å². The van der Waals surface area contributed by atoms with Crippen LogP contribution in [-0.2, 0) is 6.42 Å². The fourth-order valence-electron chi connectivity index (χ4n) is 2.57. The van der Waals surface area contributed by atoms with Gasteiger partial charge in [-0.2, -0.15) is 0 Å². The Morgan fingerprint density at radius 3 is 2.68 bits per heavy atom. The summed E-state index contributed by atoms with van der Waals surface area (Å²) in [6.07, 6.45) is 1.15. The molecule has 0 aliphatic carbocycles. The highest BCUT2D eigenvalue weighted by atomic mass is 35.5. The first-order valence-electron chi connectivity index (χ1n) is 8.24. The molecule has 6 N–H and O–H groups in total. The van der Waals surface area contributed by atoms with Gasteiger partial charge in [-0.15, -0.1) is 0 Å². The van der Waals surface area contributed by atoms with E-state index >= 15 is 0 Å². The van der Waals surface area contributed by atoms with E-state index in [1.807, 2.05) is 0 Å². The van der Waals surface area contributed by atoms with Crippen LogP contribution in [0.25, 0.3) is 5.70 Å². The van der Waals surface area contributed by atoms with Crippen LogP contribution >= 0.6 is 23.2 Å². The first kappa shape index (κ1) is 22.0. The van der Waals surface area contributed by atoms with Gasteiger partial charge in [-0.1, -0.05) is 17.7 Å². The highest BCUT2D eigenvalue weighted by Gasteiger charge is 2.23. The molecule has 0 aliphatic rings. The van der Waals surface area contributed by atoms with Crippen molar-refractivity contribution in [2.24, 2.45) is 5.73 Å². The predicted molar refractivity (Wildman–Crippen MR) is 103 cm³/mol. The number of nitrogens with two attached hydrogens (primary N) is 2.